The molecule has 1 heterocycles. The molecule has 0 bridgehead atoms. The van der Waals surface area contributed by atoms with Crippen LogP contribution in [0, 0.1) is 6.92 Å². The molecule has 1 fully saturated rings. The molecule has 2 aromatic rings. The van der Waals surface area contributed by atoms with Gasteiger partial charge in [0.2, 0.25) is 0 Å². The molecule has 0 saturated heterocycles. The van der Waals surface area contributed by atoms with Gasteiger partial charge in [-0.3, -0.25) is 0 Å². The van der Waals surface area contributed by atoms with Crippen molar-refractivity contribution in [3.05, 3.63) is 55.6 Å². The minimum absolute atomic E-state index is 0.0647. The predicted octanol–water partition coefficient (Wildman–Crippen LogP) is 6.76. The number of hydrogen-bond acceptors (Lipinski definition) is 2. The summed E-state index contributed by atoms with van der Waals surface area (Å²) in [5.41, 5.74) is 2.27. The third-order valence-electron chi connectivity index (χ3n) is 5.17. The highest BCUT2D eigenvalue weighted by Gasteiger charge is 2.34. The monoisotopic (exact) mass is 529 g/mol. The molecule has 3 nitrogen and oxygen atoms in total. The fraction of sp³-hybridized carbons (Fsp3) is 0.400. The van der Waals surface area contributed by atoms with E-state index in [2.05, 4.69) is 59.6 Å². The van der Waals surface area contributed by atoms with Crippen LogP contribution in [0.4, 0.5) is 5.82 Å². The zero-order valence-corrected chi connectivity index (χ0v) is 19.9. The van der Waals surface area contributed by atoms with Crippen LogP contribution in [0.5, 0.6) is 0 Å². The Morgan fingerprint density at radius 2 is 1.93 bits per heavy atom. The van der Waals surface area contributed by atoms with Gasteiger partial charge in [0.05, 0.1) is 10.2 Å². The normalized spacial score (nSPS) is 16.0. The van der Waals surface area contributed by atoms with Crippen LogP contribution in [0.25, 0.3) is 0 Å². The van der Waals surface area contributed by atoms with Gasteiger partial charge in [-0.05, 0) is 87.6 Å². The van der Waals surface area contributed by atoms with E-state index in [4.69, 9.17) is 23.8 Å². The second kappa shape index (κ2) is 9.21. The highest BCUT2D eigenvalue weighted by atomic mass is 79.9. The maximum atomic E-state index is 6.27. The number of aryl methyl sites for hydroxylation is 1. The Hall–Kier alpha value is -0.690. The van der Waals surface area contributed by atoms with E-state index in [1.54, 1.807) is 0 Å². The maximum absolute atomic E-state index is 6.27. The Bertz CT molecular complexity index is 838. The molecule has 144 valence electrons. The molecule has 27 heavy (non-hydrogen) atoms. The van der Waals surface area contributed by atoms with Gasteiger partial charge in [-0.2, -0.15) is 0 Å². The lowest BCUT2D eigenvalue weighted by Crippen LogP contribution is -2.43. The van der Waals surface area contributed by atoms with Gasteiger partial charge in [-0.25, -0.2) is 4.98 Å². The molecular weight excluding hydrogens is 510 g/mol. The number of halogens is 3. The van der Waals surface area contributed by atoms with Gasteiger partial charge in [0.25, 0.3) is 0 Å². The average Bonchev–Trinajstić information content (AvgIpc) is 2.65. The number of hydrogen-bond donors (Lipinski definition) is 2. The van der Waals surface area contributed by atoms with Crippen molar-refractivity contribution in [2.24, 2.45) is 0 Å². The zero-order valence-electron chi connectivity index (χ0n) is 15.1. The first kappa shape index (κ1) is 21.0. The molecule has 0 aliphatic heterocycles. The number of nitrogens with one attached hydrogen (secondary N) is 2. The van der Waals surface area contributed by atoms with Gasteiger partial charge in [0.1, 0.15) is 5.82 Å². The van der Waals surface area contributed by atoms with Crippen molar-refractivity contribution in [3.8, 4) is 0 Å². The number of anilines is 1. The van der Waals surface area contributed by atoms with E-state index < -0.39 is 0 Å². The van der Waals surface area contributed by atoms with Crippen LogP contribution in [-0.4, -0.2) is 16.6 Å². The van der Waals surface area contributed by atoms with Crippen molar-refractivity contribution < 1.29 is 0 Å². The minimum Gasteiger partial charge on any atom is -0.362 e. The highest BCUT2D eigenvalue weighted by molar-refractivity contribution is 9.11. The first-order valence-corrected chi connectivity index (χ1v) is 11.4. The van der Waals surface area contributed by atoms with Gasteiger partial charge in [0.15, 0.2) is 5.11 Å². The molecule has 1 aliphatic carbocycles. The molecule has 7 heteroatoms. The van der Waals surface area contributed by atoms with E-state index in [-0.39, 0.29) is 5.41 Å². The standard InChI is InChI=1S/C20H22Br2ClN3S/c1-13-16(21)11-17(22)18(25-13)26-19(27)24-12-20(8-3-2-4-9-20)14-6-5-7-15(23)10-14/h5-7,10-11H,2-4,8-9,12H2,1H3,(H2,24,25,26,27). The third-order valence-corrected chi connectivity index (χ3v) is 7.06. The number of benzene rings is 1. The second-order valence-corrected chi connectivity index (χ2v) is 9.60. The summed E-state index contributed by atoms with van der Waals surface area (Å²) in [4.78, 5) is 4.54. The third kappa shape index (κ3) is 5.22. The van der Waals surface area contributed by atoms with Crippen LogP contribution in [0.1, 0.15) is 43.4 Å². The predicted molar refractivity (Wildman–Crippen MR) is 125 cm³/mol. The van der Waals surface area contributed by atoms with Gasteiger partial charge < -0.3 is 10.6 Å². The lowest BCUT2D eigenvalue weighted by Gasteiger charge is -2.38. The summed E-state index contributed by atoms with van der Waals surface area (Å²) in [6.07, 6.45) is 6.03. The highest BCUT2D eigenvalue weighted by Crippen LogP contribution is 2.39. The van der Waals surface area contributed by atoms with Gasteiger partial charge in [-0.1, -0.05) is 43.0 Å². The number of pyridine rings is 1. The summed E-state index contributed by atoms with van der Waals surface area (Å²) in [5.74, 6) is 0.716. The van der Waals surface area contributed by atoms with Crippen molar-refractivity contribution in [1.82, 2.24) is 10.3 Å². The Balaban J connectivity index is 1.72. The SMILES string of the molecule is Cc1nc(NC(=S)NCC2(c3cccc(Cl)c3)CCCCC2)c(Br)cc1Br. The smallest absolute Gasteiger partial charge is 0.172 e. The molecular formula is C20H22Br2ClN3S. The molecule has 0 spiro atoms. The summed E-state index contributed by atoms with van der Waals surface area (Å²) < 4.78 is 1.83. The Morgan fingerprint density at radius 1 is 1.19 bits per heavy atom. The van der Waals surface area contributed by atoms with E-state index in [1.165, 1.54) is 24.8 Å². The summed E-state index contributed by atoms with van der Waals surface area (Å²) in [6, 6.07) is 10.2. The van der Waals surface area contributed by atoms with Crippen LogP contribution >= 0.6 is 55.7 Å². The lowest BCUT2D eigenvalue weighted by atomic mass is 9.69. The molecule has 0 radical (unpaired) electrons. The summed E-state index contributed by atoms with van der Waals surface area (Å²) in [7, 11) is 0. The first-order valence-electron chi connectivity index (χ1n) is 9.03. The Morgan fingerprint density at radius 3 is 2.63 bits per heavy atom. The van der Waals surface area contributed by atoms with Crippen molar-refractivity contribution in [2.45, 2.75) is 44.4 Å². The minimum atomic E-state index is 0.0647. The fourth-order valence-electron chi connectivity index (χ4n) is 3.66. The molecule has 2 N–H and O–H groups in total. The van der Waals surface area contributed by atoms with Crippen LogP contribution < -0.4 is 10.6 Å². The van der Waals surface area contributed by atoms with Crippen LogP contribution in [0.3, 0.4) is 0 Å². The van der Waals surface area contributed by atoms with E-state index >= 15 is 0 Å². The molecule has 0 atom stereocenters. The Labute approximate surface area is 187 Å². The molecule has 0 amide bonds. The summed E-state index contributed by atoms with van der Waals surface area (Å²) in [5, 5.41) is 8.01. The van der Waals surface area contributed by atoms with E-state index in [0.29, 0.717) is 10.9 Å². The molecule has 1 aromatic carbocycles. The van der Waals surface area contributed by atoms with E-state index in [9.17, 15) is 0 Å². The maximum Gasteiger partial charge on any atom is 0.172 e. The second-order valence-electron chi connectivity index (χ2n) is 7.05. The number of thiocarbonyl (C=S) groups is 1. The van der Waals surface area contributed by atoms with E-state index in [1.807, 2.05) is 25.1 Å². The van der Waals surface area contributed by atoms with Gasteiger partial charge in [0, 0.05) is 21.5 Å². The molecule has 1 aliphatic rings. The largest absolute Gasteiger partial charge is 0.362 e. The number of aromatic nitrogens is 1. The lowest BCUT2D eigenvalue weighted by molar-refractivity contribution is 0.292. The molecule has 1 saturated carbocycles. The quantitative estimate of drug-likeness (QED) is 0.428. The van der Waals surface area contributed by atoms with Crippen molar-refractivity contribution in [3.63, 3.8) is 0 Å². The summed E-state index contributed by atoms with van der Waals surface area (Å²) >= 11 is 18.8. The fourth-order valence-corrected chi connectivity index (χ4v) is 5.06. The summed E-state index contributed by atoms with van der Waals surface area (Å²) in [6.45, 7) is 2.74. The number of rotatable bonds is 4. The van der Waals surface area contributed by atoms with Crippen molar-refractivity contribution in [1.29, 1.82) is 0 Å². The molecule has 1 aromatic heterocycles. The van der Waals surface area contributed by atoms with Crippen LogP contribution in [-0.2, 0) is 5.41 Å². The van der Waals surface area contributed by atoms with Crippen LogP contribution in [0.15, 0.2) is 39.3 Å². The molecule has 0 unspecified atom stereocenters. The van der Waals surface area contributed by atoms with Crippen molar-refractivity contribution in [2.75, 3.05) is 11.9 Å². The Kier molecular flexibility index (Phi) is 7.17. The topological polar surface area (TPSA) is 37.0 Å². The van der Waals surface area contributed by atoms with Gasteiger partial charge >= 0.3 is 0 Å². The van der Waals surface area contributed by atoms with Crippen LogP contribution in [0.2, 0.25) is 5.02 Å². The number of nitrogens with zero attached hydrogens (tertiary/aromatic N) is 1. The van der Waals surface area contributed by atoms with E-state index in [0.717, 1.165) is 39.0 Å². The molecule has 3 rings (SSSR count). The average molecular weight is 532 g/mol. The first-order chi connectivity index (χ1) is 12.9. The zero-order chi connectivity index (χ0) is 19.4. The van der Waals surface area contributed by atoms with Gasteiger partial charge in [-0.15, -0.1) is 0 Å². The van der Waals surface area contributed by atoms with Crippen molar-refractivity contribution >= 4 is 66.6 Å².